The zero-order valence-electron chi connectivity index (χ0n) is 11.6. The molecule has 0 aliphatic carbocycles. The van der Waals surface area contributed by atoms with Crippen LogP contribution < -0.4 is 10.1 Å². The van der Waals surface area contributed by atoms with Crippen molar-refractivity contribution >= 4 is 15.9 Å². The van der Waals surface area contributed by atoms with Crippen LogP contribution in [0.15, 0.2) is 22.7 Å². The third-order valence-corrected chi connectivity index (χ3v) is 3.56. The highest BCUT2D eigenvalue weighted by Gasteiger charge is 2.28. The van der Waals surface area contributed by atoms with Crippen molar-refractivity contribution in [3.8, 4) is 5.75 Å². The van der Waals surface area contributed by atoms with E-state index in [-0.39, 0.29) is 12.5 Å². The molecule has 0 aliphatic heterocycles. The minimum atomic E-state index is -4.13. The monoisotopic (exact) mass is 353 g/mol. The Morgan fingerprint density at radius 2 is 2.05 bits per heavy atom. The van der Waals surface area contributed by atoms with Crippen LogP contribution in [0.1, 0.15) is 37.8 Å². The molecule has 0 fully saturated rings. The van der Waals surface area contributed by atoms with Crippen LogP contribution in [0, 0.1) is 0 Å². The van der Waals surface area contributed by atoms with Gasteiger partial charge in [0.05, 0.1) is 11.6 Å². The second kappa shape index (κ2) is 7.88. The van der Waals surface area contributed by atoms with Crippen molar-refractivity contribution in [1.29, 1.82) is 0 Å². The van der Waals surface area contributed by atoms with Gasteiger partial charge >= 0.3 is 6.18 Å². The summed E-state index contributed by atoms with van der Waals surface area (Å²) < 4.78 is 43.1. The lowest BCUT2D eigenvalue weighted by molar-refractivity contribution is -0.136. The van der Waals surface area contributed by atoms with Gasteiger partial charge in [-0.3, -0.25) is 0 Å². The Hall–Kier alpha value is -0.750. The summed E-state index contributed by atoms with van der Waals surface area (Å²) in [5.41, 5.74) is 0.829. The van der Waals surface area contributed by atoms with Crippen LogP contribution in [0.4, 0.5) is 13.2 Å². The van der Waals surface area contributed by atoms with Gasteiger partial charge in [-0.15, -0.1) is 0 Å². The van der Waals surface area contributed by atoms with Crippen LogP contribution in [0.3, 0.4) is 0 Å². The molecular formula is C14H19BrF3NO. The lowest BCUT2D eigenvalue weighted by Gasteiger charge is -2.20. The summed E-state index contributed by atoms with van der Waals surface area (Å²) in [7, 11) is 1.55. The Morgan fingerprint density at radius 1 is 1.35 bits per heavy atom. The summed E-state index contributed by atoms with van der Waals surface area (Å²) in [6.07, 6.45) is -4.02. The van der Waals surface area contributed by atoms with Gasteiger partial charge in [0.2, 0.25) is 0 Å². The lowest BCUT2D eigenvalue weighted by atomic mass is 10.0. The van der Waals surface area contributed by atoms with E-state index in [1.165, 1.54) is 0 Å². The molecule has 1 atom stereocenters. The van der Waals surface area contributed by atoms with Gasteiger partial charge in [0.1, 0.15) is 5.75 Å². The third kappa shape index (κ3) is 5.71. The van der Waals surface area contributed by atoms with Crippen LogP contribution in [-0.4, -0.2) is 19.8 Å². The minimum Gasteiger partial charge on any atom is -0.496 e. The van der Waals surface area contributed by atoms with Gasteiger partial charge in [0.25, 0.3) is 0 Å². The highest BCUT2D eigenvalue weighted by atomic mass is 79.9. The van der Waals surface area contributed by atoms with Crippen molar-refractivity contribution < 1.29 is 17.9 Å². The zero-order chi connectivity index (χ0) is 15.2. The molecule has 0 bridgehead atoms. The van der Waals surface area contributed by atoms with Crippen LogP contribution in [0.5, 0.6) is 5.75 Å². The third-order valence-electron chi connectivity index (χ3n) is 2.94. The number of benzene rings is 1. The number of nitrogens with one attached hydrogen (secondary N) is 1. The van der Waals surface area contributed by atoms with Crippen molar-refractivity contribution in [2.45, 2.75) is 38.4 Å². The van der Waals surface area contributed by atoms with E-state index in [4.69, 9.17) is 4.74 Å². The molecule has 1 N–H and O–H groups in total. The highest BCUT2D eigenvalue weighted by molar-refractivity contribution is 9.10. The van der Waals surface area contributed by atoms with E-state index >= 15 is 0 Å². The van der Waals surface area contributed by atoms with Gasteiger partial charge in [-0.1, -0.05) is 13.0 Å². The van der Waals surface area contributed by atoms with Gasteiger partial charge in [-0.2, -0.15) is 13.2 Å². The smallest absolute Gasteiger partial charge is 0.389 e. The van der Waals surface area contributed by atoms with E-state index in [2.05, 4.69) is 21.2 Å². The molecule has 0 saturated heterocycles. The van der Waals surface area contributed by atoms with E-state index in [9.17, 15) is 13.2 Å². The Balaban J connectivity index is 2.83. The van der Waals surface area contributed by atoms with E-state index in [1.54, 1.807) is 19.2 Å². The summed E-state index contributed by atoms with van der Waals surface area (Å²) in [4.78, 5) is 0. The Kier molecular flexibility index (Phi) is 6.82. The van der Waals surface area contributed by atoms with Crippen molar-refractivity contribution in [2.24, 2.45) is 0 Å². The molecule has 114 valence electrons. The first-order chi connectivity index (χ1) is 9.37. The molecule has 0 aliphatic rings. The van der Waals surface area contributed by atoms with E-state index in [1.807, 2.05) is 13.0 Å². The van der Waals surface area contributed by atoms with Gasteiger partial charge in [0, 0.05) is 12.5 Å². The van der Waals surface area contributed by atoms with Gasteiger partial charge in [0.15, 0.2) is 0 Å². The number of alkyl halides is 3. The van der Waals surface area contributed by atoms with Crippen molar-refractivity contribution in [3.63, 3.8) is 0 Å². The standard InChI is InChI=1S/C14H19BrF3NO/c1-3-8-19-12(6-7-14(16,17)18)10-4-5-13(20-2)11(15)9-10/h4-5,9,12,19H,3,6-8H2,1-2H3. The van der Waals surface area contributed by atoms with E-state index in [0.717, 1.165) is 16.5 Å². The molecule has 0 heterocycles. The fourth-order valence-electron chi connectivity index (χ4n) is 1.91. The topological polar surface area (TPSA) is 21.3 Å². The van der Waals surface area contributed by atoms with Crippen LogP contribution >= 0.6 is 15.9 Å². The summed E-state index contributed by atoms with van der Waals surface area (Å²) in [5.74, 6) is 0.666. The van der Waals surface area contributed by atoms with Crippen LogP contribution in [0.2, 0.25) is 0 Å². The minimum absolute atomic E-state index is 0.0300. The van der Waals surface area contributed by atoms with Gasteiger partial charge < -0.3 is 10.1 Å². The molecule has 1 rings (SSSR count). The Labute approximate surface area is 125 Å². The summed E-state index contributed by atoms with van der Waals surface area (Å²) in [5, 5.41) is 3.16. The average molecular weight is 354 g/mol. The van der Waals surface area contributed by atoms with Crippen molar-refractivity contribution in [1.82, 2.24) is 5.32 Å². The quantitative estimate of drug-likeness (QED) is 0.757. The molecule has 0 aromatic heterocycles. The molecule has 1 unspecified atom stereocenters. The largest absolute Gasteiger partial charge is 0.496 e. The number of rotatable bonds is 7. The van der Waals surface area contributed by atoms with E-state index in [0.29, 0.717) is 12.3 Å². The average Bonchev–Trinajstić information content (AvgIpc) is 2.37. The molecule has 0 radical (unpaired) electrons. The van der Waals surface area contributed by atoms with Gasteiger partial charge in [-0.25, -0.2) is 0 Å². The Morgan fingerprint density at radius 3 is 2.55 bits per heavy atom. The number of hydrogen-bond acceptors (Lipinski definition) is 2. The number of halogens is 4. The molecule has 0 spiro atoms. The molecule has 6 heteroatoms. The van der Waals surface area contributed by atoms with Gasteiger partial charge in [-0.05, 0) is 53.0 Å². The fourth-order valence-corrected chi connectivity index (χ4v) is 2.47. The maximum absolute atomic E-state index is 12.4. The number of methoxy groups -OCH3 is 1. The molecule has 20 heavy (non-hydrogen) atoms. The molecule has 0 amide bonds. The van der Waals surface area contributed by atoms with Crippen molar-refractivity contribution in [2.75, 3.05) is 13.7 Å². The predicted octanol–water partition coefficient (Wildman–Crippen LogP) is 4.84. The number of hydrogen-bond donors (Lipinski definition) is 1. The molecule has 1 aromatic carbocycles. The first-order valence-corrected chi connectivity index (χ1v) is 7.30. The maximum Gasteiger partial charge on any atom is 0.389 e. The second-order valence-electron chi connectivity index (χ2n) is 4.55. The maximum atomic E-state index is 12.4. The summed E-state index contributed by atoms with van der Waals surface area (Å²) in [6.45, 7) is 2.67. The molecule has 0 saturated carbocycles. The molecule has 1 aromatic rings. The predicted molar refractivity (Wildman–Crippen MR) is 77.0 cm³/mol. The number of ether oxygens (including phenoxy) is 1. The van der Waals surface area contributed by atoms with E-state index < -0.39 is 12.6 Å². The first-order valence-electron chi connectivity index (χ1n) is 6.51. The first kappa shape index (κ1) is 17.3. The van der Waals surface area contributed by atoms with Crippen LogP contribution in [0.25, 0.3) is 0 Å². The summed E-state index contributed by atoms with van der Waals surface area (Å²) in [6, 6.07) is 5.06. The van der Waals surface area contributed by atoms with Crippen molar-refractivity contribution in [3.05, 3.63) is 28.2 Å². The zero-order valence-corrected chi connectivity index (χ0v) is 13.1. The van der Waals surface area contributed by atoms with Crippen LogP contribution in [-0.2, 0) is 0 Å². The highest BCUT2D eigenvalue weighted by Crippen LogP contribution is 2.32. The molecular weight excluding hydrogens is 335 g/mol. The molecule has 2 nitrogen and oxygen atoms in total. The SMILES string of the molecule is CCCNC(CCC(F)(F)F)c1ccc(OC)c(Br)c1. The Bertz CT molecular complexity index is 423. The second-order valence-corrected chi connectivity index (χ2v) is 5.41. The lowest BCUT2D eigenvalue weighted by Crippen LogP contribution is -2.24. The summed E-state index contributed by atoms with van der Waals surface area (Å²) >= 11 is 3.36. The fraction of sp³-hybridized carbons (Fsp3) is 0.571. The normalized spacial score (nSPS) is 13.3.